The molecular formula is C8H7Cl2NS. The van der Waals surface area contributed by atoms with Gasteiger partial charge < -0.3 is 5.32 Å². The van der Waals surface area contributed by atoms with Gasteiger partial charge in [0.2, 0.25) is 0 Å². The fourth-order valence-corrected chi connectivity index (χ4v) is 1.35. The highest BCUT2D eigenvalue weighted by Crippen LogP contribution is 2.25. The molecule has 1 N–H and O–H groups in total. The number of rotatable bonds is 1. The molecule has 1 aromatic rings. The van der Waals surface area contributed by atoms with Crippen molar-refractivity contribution in [2.45, 2.75) is 6.92 Å². The highest BCUT2D eigenvalue weighted by atomic mass is 35.5. The van der Waals surface area contributed by atoms with Crippen molar-refractivity contribution in [3.63, 3.8) is 0 Å². The lowest BCUT2D eigenvalue weighted by Crippen LogP contribution is -2.03. The minimum absolute atomic E-state index is 0.576. The third kappa shape index (κ3) is 2.63. The minimum Gasteiger partial charge on any atom is -0.349 e. The summed E-state index contributed by atoms with van der Waals surface area (Å²) in [7, 11) is 0. The van der Waals surface area contributed by atoms with Crippen LogP contribution in [0.4, 0.5) is 5.69 Å². The van der Waals surface area contributed by atoms with E-state index in [1.54, 1.807) is 25.1 Å². The molecule has 1 nitrogen and oxygen atoms in total. The molecule has 0 bridgehead atoms. The first-order chi connectivity index (χ1) is 5.59. The van der Waals surface area contributed by atoms with Crippen LogP contribution in [0.25, 0.3) is 0 Å². The van der Waals surface area contributed by atoms with Crippen molar-refractivity contribution < 1.29 is 0 Å². The molecule has 0 radical (unpaired) electrons. The molecule has 0 saturated carbocycles. The number of anilines is 1. The molecule has 12 heavy (non-hydrogen) atoms. The number of thiocarbonyl (C=S) groups is 1. The molecule has 0 aliphatic heterocycles. The fraction of sp³-hybridized carbons (Fsp3) is 0.125. The van der Waals surface area contributed by atoms with E-state index in [4.69, 9.17) is 35.4 Å². The second-order valence-corrected chi connectivity index (χ2v) is 3.76. The summed E-state index contributed by atoms with van der Waals surface area (Å²) in [5.74, 6) is 0. The third-order valence-corrected chi connectivity index (χ3v) is 1.89. The smallest absolute Gasteiger partial charge is 0.0766 e. The first kappa shape index (κ1) is 9.78. The van der Waals surface area contributed by atoms with Crippen LogP contribution in [0.5, 0.6) is 0 Å². The van der Waals surface area contributed by atoms with Crippen LogP contribution in [-0.2, 0) is 0 Å². The van der Waals surface area contributed by atoms with Crippen LogP contribution in [0.3, 0.4) is 0 Å². The molecule has 0 amide bonds. The zero-order valence-electron chi connectivity index (χ0n) is 6.40. The number of benzene rings is 1. The average molecular weight is 220 g/mol. The SMILES string of the molecule is CC(=S)Nc1ccc(Cl)cc1Cl. The van der Waals surface area contributed by atoms with Gasteiger partial charge in [-0.25, -0.2) is 0 Å². The second-order valence-electron chi connectivity index (χ2n) is 2.31. The van der Waals surface area contributed by atoms with Gasteiger partial charge in [0, 0.05) is 5.02 Å². The molecule has 0 aliphatic rings. The van der Waals surface area contributed by atoms with E-state index in [9.17, 15) is 0 Å². The third-order valence-electron chi connectivity index (χ3n) is 1.24. The number of halogens is 2. The molecule has 0 saturated heterocycles. The number of nitrogens with one attached hydrogen (secondary N) is 1. The standard InChI is InChI=1S/C8H7Cl2NS/c1-5(12)11-8-3-2-6(9)4-7(8)10/h2-4H,1H3,(H,11,12). The van der Waals surface area contributed by atoms with Crippen molar-refractivity contribution in [1.82, 2.24) is 0 Å². The quantitative estimate of drug-likeness (QED) is 0.723. The zero-order valence-corrected chi connectivity index (χ0v) is 8.72. The molecule has 64 valence electrons. The Labute approximate surface area is 86.7 Å². The summed E-state index contributed by atoms with van der Waals surface area (Å²) in [6.45, 7) is 1.79. The summed E-state index contributed by atoms with van der Waals surface area (Å²) >= 11 is 16.4. The van der Waals surface area contributed by atoms with Gasteiger partial charge in [-0.05, 0) is 25.1 Å². The summed E-state index contributed by atoms with van der Waals surface area (Å²) in [5, 5.41) is 4.13. The van der Waals surface area contributed by atoms with Crippen LogP contribution in [-0.4, -0.2) is 4.99 Å². The first-order valence-electron chi connectivity index (χ1n) is 3.32. The van der Waals surface area contributed by atoms with Gasteiger partial charge in [0.25, 0.3) is 0 Å². The van der Waals surface area contributed by atoms with E-state index in [-0.39, 0.29) is 0 Å². The van der Waals surface area contributed by atoms with Gasteiger partial charge in [-0.3, -0.25) is 0 Å². The normalized spacial score (nSPS) is 9.58. The Hall–Kier alpha value is -0.310. The van der Waals surface area contributed by atoms with Crippen LogP contribution < -0.4 is 5.32 Å². The predicted molar refractivity (Wildman–Crippen MR) is 58.4 cm³/mol. The van der Waals surface area contributed by atoms with E-state index < -0.39 is 0 Å². The molecule has 0 atom stereocenters. The highest BCUT2D eigenvalue weighted by molar-refractivity contribution is 7.80. The van der Waals surface area contributed by atoms with Crippen LogP contribution in [0.1, 0.15) is 6.92 Å². The minimum atomic E-state index is 0.576. The van der Waals surface area contributed by atoms with Crippen molar-refractivity contribution in [1.29, 1.82) is 0 Å². The Morgan fingerprint density at radius 1 is 1.42 bits per heavy atom. The fourth-order valence-electron chi connectivity index (χ4n) is 0.780. The lowest BCUT2D eigenvalue weighted by atomic mass is 10.3. The van der Waals surface area contributed by atoms with Crippen molar-refractivity contribution in [3.8, 4) is 0 Å². The van der Waals surface area contributed by atoms with Gasteiger partial charge in [-0.2, -0.15) is 0 Å². The number of hydrogen-bond donors (Lipinski definition) is 1. The maximum Gasteiger partial charge on any atom is 0.0766 e. The molecule has 1 rings (SSSR count). The molecule has 0 fully saturated rings. The van der Waals surface area contributed by atoms with Crippen LogP contribution in [0.15, 0.2) is 18.2 Å². The van der Waals surface area contributed by atoms with Crippen molar-refractivity contribution in [2.75, 3.05) is 5.32 Å². The first-order valence-corrected chi connectivity index (χ1v) is 4.48. The second kappa shape index (κ2) is 4.08. The van der Waals surface area contributed by atoms with Crippen LogP contribution in [0.2, 0.25) is 10.0 Å². The van der Waals surface area contributed by atoms with Crippen molar-refractivity contribution >= 4 is 46.1 Å². The summed E-state index contributed by atoms with van der Waals surface area (Å²) in [6.07, 6.45) is 0. The largest absolute Gasteiger partial charge is 0.349 e. The Balaban J connectivity index is 2.93. The summed E-state index contributed by atoms with van der Waals surface area (Å²) in [5.41, 5.74) is 0.786. The van der Waals surface area contributed by atoms with Crippen LogP contribution >= 0.6 is 35.4 Å². The predicted octanol–water partition coefficient (Wildman–Crippen LogP) is 3.75. The monoisotopic (exact) mass is 219 g/mol. The topological polar surface area (TPSA) is 12.0 Å². The highest BCUT2D eigenvalue weighted by Gasteiger charge is 1.99. The zero-order chi connectivity index (χ0) is 9.14. The molecule has 0 spiro atoms. The van der Waals surface area contributed by atoms with E-state index in [2.05, 4.69) is 5.32 Å². The molecular weight excluding hydrogens is 213 g/mol. The lowest BCUT2D eigenvalue weighted by molar-refractivity contribution is 1.63. The maximum absolute atomic E-state index is 5.87. The average Bonchev–Trinajstić information content (AvgIpc) is 1.94. The maximum atomic E-state index is 5.87. The molecule has 4 heteroatoms. The van der Waals surface area contributed by atoms with E-state index in [1.807, 2.05) is 0 Å². The van der Waals surface area contributed by atoms with E-state index >= 15 is 0 Å². The lowest BCUT2D eigenvalue weighted by Gasteiger charge is -2.05. The van der Waals surface area contributed by atoms with E-state index in [1.165, 1.54) is 0 Å². The van der Waals surface area contributed by atoms with E-state index in [0.29, 0.717) is 15.0 Å². The molecule has 0 heterocycles. The Bertz CT molecular complexity index is 312. The van der Waals surface area contributed by atoms with Gasteiger partial charge in [-0.1, -0.05) is 35.4 Å². The van der Waals surface area contributed by atoms with Gasteiger partial charge in [0.15, 0.2) is 0 Å². The van der Waals surface area contributed by atoms with Crippen molar-refractivity contribution in [2.24, 2.45) is 0 Å². The van der Waals surface area contributed by atoms with Gasteiger partial charge >= 0.3 is 0 Å². The Morgan fingerprint density at radius 3 is 2.58 bits per heavy atom. The molecule has 0 aromatic heterocycles. The van der Waals surface area contributed by atoms with E-state index in [0.717, 1.165) is 5.69 Å². The van der Waals surface area contributed by atoms with Crippen molar-refractivity contribution in [3.05, 3.63) is 28.2 Å². The summed E-state index contributed by atoms with van der Waals surface area (Å²) < 4.78 is 0. The summed E-state index contributed by atoms with van der Waals surface area (Å²) in [6, 6.07) is 5.22. The number of hydrogen-bond acceptors (Lipinski definition) is 1. The molecule has 0 unspecified atom stereocenters. The van der Waals surface area contributed by atoms with Gasteiger partial charge in [-0.15, -0.1) is 0 Å². The Kier molecular flexibility index (Phi) is 3.32. The molecule has 0 aliphatic carbocycles. The van der Waals surface area contributed by atoms with Gasteiger partial charge in [0.05, 0.1) is 15.7 Å². The Morgan fingerprint density at radius 2 is 2.08 bits per heavy atom. The van der Waals surface area contributed by atoms with Crippen LogP contribution in [0, 0.1) is 0 Å². The van der Waals surface area contributed by atoms with Gasteiger partial charge in [0.1, 0.15) is 0 Å². The summed E-state index contributed by atoms with van der Waals surface area (Å²) in [4.78, 5) is 0.680. The molecule has 1 aromatic carbocycles.